The number of primary sulfonamides is 1. The Hall–Kier alpha value is -0.870. The summed E-state index contributed by atoms with van der Waals surface area (Å²) < 4.78 is 23.6. The van der Waals surface area contributed by atoms with Crippen LogP contribution in [0.25, 0.3) is 0 Å². The third-order valence-corrected chi connectivity index (χ3v) is 5.69. The Labute approximate surface area is 142 Å². The molecule has 4 heteroatoms. The average molecular weight is 340 g/mol. The van der Waals surface area contributed by atoms with Gasteiger partial charge in [0.2, 0.25) is 10.0 Å². The lowest BCUT2D eigenvalue weighted by Gasteiger charge is -2.15. The van der Waals surface area contributed by atoms with Crippen LogP contribution in [0.4, 0.5) is 0 Å². The van der Waals surface area contributed by atoms with Crippen LogP contribution in [0.5, 0.6) is 0 Å². The van der Waals surface area contributed by atoms with Gasteiger partial charge in [0, 0.05) is 0 Å². The molecule has 0 fully saturated rings. The topological polar surface area (TPSA) is 60.2 Å². The maximum Gasteiger partial charge on any atom is 0.216 e. The van der Waals surface area contributed by atoms with Crippen molar-refractivity contribution >= 4 is 10.0 Å². The van der Waals surface area contributed by atoms with Crippen LogP contribution in [0.2, 0.25) is 0 Å². The molecule has 0 radical (unpaired) electrons. The van der Waals surface area contributed by atoms with Crippen molar-refractivity contribution in [2.45, 2.75) is 82.8 Å². The normalized spacial score (nSPS) is 13.1. The lowest BCUT2D eigenvalue weighted by atomic mass is 10.0. The molecule has 3 nitrogen and oxygen atoms in total. The molecule has 0 aromatic heterocycles. The third-order valence-electron chi connectivity index (χ3n) is 4.39. The first kappa shape index (κ1) is 20.2. The molecule has 2 N–H and O–H groups in total. The number of benzene rings is 1. The van der Waals surface area contributed by atoms with Gasteiger partial charge in [-0.1, -0.05) is 101 Å². The highest BCUT2D eigenvalue weighted by Crippen LogP contribution is 2.26. The van der Waals surface area contributed by atoms with E-state index in [1.807, 2.05) is 30.3 Å². The molecule has 1 aromatic carbocycles. The number of hydrogen-bond acceptors (Lipinski definition) is 2. The van der Waals surface area contributed by atoms with Gasteiger partial charge in [-0.2, -0.15) is 0 Å². The minimum atomic E-state index is -3.53. The molecule has 0 spiro atoms. The van der Waals surface area contributed by atoms with Crippen molar-refractivity contribution in [2.24, 2.45) is 5.14 Å². The van der Waals surface area contributed by atoms with Gasteiger partial charge in [0.1, 0.15) is 5.25 Å². The summed E-state index contributed by atoms with van der Waals surface area (Å²) >= 11 is 0. The molecule has 1 rings (SSSR count). The molecule has 0 saturated heterocycles. The van der Waals surface area contributed by atoms with Crippen molar-refractivity contribution in [3.05, 3.63) is 35.9 Å². The highest BCUT2D eigenvalue weighted by atomic mass is 32.2. The summed E-state index contributed by atoms with van der Waals surface area (Å²) in [5, 5.41) is 4.85. The molecule has 23 heavy (non-hydrogen) atoms. The van der Waals surface area contributed by atoms with Crippen molar-refractivity contribution in [1.29, 1.82) is 0 Å². The van der Waals surface area contributed by atoms with Crippen molar-refractivity contribution < 1.29 is 8.42 Å². The Balaban J connectivity index is 2.20. The third kappa shape index (κ3) is 9.11. The maximum atomic E-state index is 11.8. The smallest absolute Gasteiger partial charge is 0.216 e. The van der Waals surface area contributed by atoms with Crippen LogP contribution >= 0.6 is 0 Å². The quantitative estimate of drug-likeness (QED) is 0.494. The summed E-state index contributed by atoms with van der Waals surface area (Å²) in [6.45, 7) is 2.24. The standard InChI is InChI=1S/C19H33NO2S/c1-2-3-4-5-6-7-8-9-10-14-17-19(23(20,21)22)18-15-12-11-13-16-18/h11-13,15-16,19H,2-10,14,17H2,1H3,(H2,20,21,22). The molecule has 0 bridgehead atoms. The summed E-state index contributed by atoms with van der Waals surface area (Å²) in [6, 6.07) is 9.33. The van der Waals surface area contributed by atoms with Gasteiger partial charge < -0.3 is 0 Å². The Morgan fingerprint density at radius 2 is 1.30 bits per heavy atom. The molecule has 132 valence electrons. The number of hydrogen-bond donors (Lipinski definition) is 1. The van der Waals surface area contributed by atoms with Crippen LogP contribution < -0.4 is 5.14 Å². The van der Waals surface area contributed by atoms with Crippen LogP contribution in [0.1, 0.15) is 88.4 Å². The van der Waals surface area contributed by atoms with E-state index in [1.165, 1.54) is 51.4 Å². The van der Waals surface area contributed by atoms with Gasteiger partial charge in [0.15, 0.2) is 0 Å². The lowest BCUT2D eigenvalue weighted by Crippen LogP contribution is -2.21. The zero-order valence-corrected chi connectivity index (χ0v) is 15.4. The SMILES string of the molecule is CCCCCCCCCCCCC(c1ccccc1)S(N)(=O)=O. The number of rotatable bonds is 13. The monoisotopic (exact) mass is 339 g/mol. The molecule has 1 unspecified atom stereocenters. The second-order valence-corrected chi connectivity index (χ2v) is 8.21. The molecule has 1 atom stereocenters. The van der Waals surface area contributed by atoms with E-state index in [4.69, 9.17) is 5.14 Å². The second kappa shape index (κ2) is 11.6. The van der Waals surface area contributed by atoms with Gasteiger partial charge in [-0.25, -0.2) is 13.6 Å². The van der Waals surface area contributed by atoms with E-state index in [1.54, 1.807) is 0 Å². The molecule has 0 saturated carbocycles. The first-order valence-electron chi connectivity index (χ1n) is 9.12. The Bertz CT molecular complexity index is 499. The van der Waals surface area contributed by atoms with E-state index >= 15 is 0 Å². The highest BCUT2D eigenvalue weighted by Gasteiger charge is 2.22. The van der Waals surface area contributed by atoms with Gasteiger partial charge >= 0.3 is 0 Å². The number of nitrogens with two attached hydrogens (primary N) is 1. The minimum Gasteiger partial charge on any atom is -0.228 e. The van der Waals surface area contributed by atoms with Crippen LogP contribution in [-0.4, -0.2) is 8.42 Å². The molecule has 0 amide bonds. The number of unbranched alkanes of at least 4 members (excludes halogenated alkanes) is 9. The molecule has 0 aliphatic rings. The fourth-order valence-electron chi connectivity index (χ4n) is 3.01. The Morgan fingerprint density at radius 3 is 1.78 bits per heavy atom. The second-order valence-electron chi connectivity index (χ2n) is 6.46. The summed E-state index contributed by atoms with van der Waals surface area (Å²) in [5.41, 5.74) is 0.811. The fraction of sp³-hybridized carbons (Fsp3) is 0.684. The molecular weight excluding hydrogens is 306 g/mol. The fourth-order valence-corrected chi connectivity index (χ4v) is 4.04. The molecule has 0 aliphatic heterocycles. The predicted octanol–water partition coefficient (Wildman–Crippen LogP) is 5.33. The van der Waals surface area contributed by atoms with E-state index < -0.39 is 15.3 Å². The van der Waals surface area contributed by atoms with Crippen LogP contribution in [0.3, 0.4) is 0 Å². The summed E-state index contributed by atoms with van der Waals surface area (Å²) in [7, 11) is -3.53. The molecular formula is C19H33NO2S. The molecule has 0 heterocycles. The highest BCUT2D eigenvalue weighted by molar-refractivity contribution is 7.89. The van der Waals surface area contributed by atoms with Crippen LogP contribution in [0, 0.1) is 0 Å². The van der Waals surface area contributed by atoms with E-state index in [0.29, 0.717) is 6.42 Å². The summed E-state index contributed by atoms with van der Waals surface area (Å²) in [5.74, 6) is 0. The minimum absolute atomic E-state index is 0.558. The van der Waals surface area contributed by atoms with Gasteiger partial charge in [0.05, 0.1) is 0 Å². The summed E-state index contributed by atoms with van der Waals surface area (Å²) in [4.78, 5) is 0. The first-order valence-corrected chi connectivity index (χ1v) is 10.7. The van der Waals surface area contributed by atoms with E-state index in [9.17, 15) is 8.42 Å². The van der Waals surface area contributed by atoms with Gasteiger partial charge in [0.25, 0.3) is 0 Å². The van der Waals surface area contributed by atoms with Gasteiger partial charge in [-0.3, -0.25) is 0 Å². The lowest BCUT2D eigenvalue weighted by molar-refractivity contribution is 0.537. The van der Waals surface area contributed by atoms with Gasteiger partial charge in [-0.15, -0.1) is 0 Å². The van der Waals surface area contributed by atoms with Crippen molar-refractivity contribution in [2.75, 3.05) is 0 Å². The van der Waals surface area contributed by atoms with Gasteiger partial charge in [-0.05, 0) is 12.0 Å². The maximum absolute atomic E-state index is 11.8. The van der Waals surface area contributed by atoms with E-state index in [-0.39, 0.29) is 0 Å². The van der Waals surface area contributed by atoms with Crippen LogP contribution in [-0.2, 0) is 10.0 Å². The van der Waals surface area contributed by atoms with Crippen molar-refractivity contribution in [3.63, 3.8) is 0 Å². The van der Waals surface area contributed by atoms with E-state index in [0.717, 1.165) is 18.4 Å². The van der Waals surface area contributed by atoms with E-state index in [2.05, 4.69) is 6.92 Å². The van der Waals surface area contributed by atoms with Crippen molar-refractivity contribution in [1.82, 2.24) is 0 Å². The summed E-state index contributed by atoms with van der Waals surface area (Å²) in [6.07, 6.45) is 13.1. The molecule has 0 aliphatic carbocycles. The van der Waals surface area contributed by atoms with Crippen molar-refractivity contribution in [3.8, 4) is 0 Å². The Morgan fingerprint density at radius 1 is 0.826 bits per heavy atom. The predicted molar refractivity (Wildman–Crippen MR) is 98.8 cm³/mol. The zero-order chi connectivity index (χ0) is 17.0. The largest absolute Gasteiger partial charge is 0.228 e. The average Bonchev–Trinajstić information content (AvgIpc) is 2.52. The number of sulfonamides is 1. The first-order chi connectivity index (χ1) is 11.1. The zero-order valence-electron chi connectivity index (χ0n) is 14.5. The molecule has 1 aromatic rings. The Kier molecular flexibility index (Phi) is 10.2. The van der Waals surface area contributed by atoms with Crippen LogP contribution in [0.15, 0.2) is 30.3 Å².